The van der Waals surface area contributed by atoms with E-state index >= 15 is 0 Å². The lowest BCUT2D eigenvalue weighted by atomic mass is 10.0. The second kappa shape index (κ2) is 5.30. The first-order chi connectivity index (χ1) is 9.52. The van der Waals surface area contributed by atoms with Gasteiger partial charge in [0.1, 0.15) is 4.90 Å². The second-order valence-corrected chi connectivity index (χ2v) is 8.06. The maximum Gasteiger partial charge on any atom is 0.244 e. The summed E-state index contributed by atoms with van der Waals surface area (Å²) in [5.41, 5.74) is 6.38. The molecule has 1 aromatic rings. The van der Waals surface area contributed by atoms with E-state index in [0.717, 1.165) is 18.4 Å². The van der Waals surface area contributed by atoms with E-state index in [2.05, 4.69) is 0 Å². The van der Waals surface area contributed by atoms with Gasteiger partial charge >= 0.3 is 0 Å². The van der Waals surface area contributed by atoms with E-state index in [0.29, 0.717) is 31.5 Å². The maximum absolute atomic E-state index is 12.7. The van der Waals surface area contributed by atoms with Crippen molar-refractivity contribution in [1.82, 2.24) is 4.31 Å². The van der Waals surface area contributed by atoms with Gasteiger partial charge in [-0.2, -0.15) is 4.31 Å². The normalized spacial score (nSPS) is 26.9. The number of sulfonamides is 1. The molecular formula is C14H19ClN2O2S. The molecule has 2 unspecified atom stereocenters. The number of halogens is 1. The average Bonchev–Trinajstić information content (AvgIpc) is 2.99. The molecule has 1 aliphatic heterocycles. The Labute approximate surface area is 125 Å². The Balaban J connectivity index is 1.89. The highest BCUT2D eigenvalue weighted by molar-refractivity contribution is 7.89. The van der Waals surface area contributed by atoms with Gasteiger partial charge in [0.05, 0.1) is 5.02 Å². The first kappa shape index (κ1) is 14.3. The van der Waals surface area contributed by atoms with Crippen LogP contribution in [0.4, 0.5) is 0 Å². The van der Waals surface area contributed by atoms with Crippen molar-refractivity contribution in [3.63, 3.8) is 0 Å². The molecule has 1 heterocycles. The third kappa shape index (κ3) is 2.37. The number of nitrogens with two attached hydrogens (primary N) is 1. The molecule has 3 rings (SSSR count). The molecule has 1 saturated carbocycles. The van der Waals surface area contributed by atoms with Crippen LogP contribution >= 0.6 is 11.6 Å². The predicted molar refractivity (Wildman–Crippen MR) is 78.9 cm³/mol. The molecule has 0 radical (unpaired) electrons. The van der Waals surface area contributed by atoms with Gasteiger partial charge in [0.15, 0.2) is 0 Å². The number of hydrogen-bond acceptors (Lipinski definition) is 3. The molecule has 1 aromatic carbocycles. The molecule has 0 amide bonds. The zero-order valence-electron chi connectivity index (χ0n) is 11.3. The summed E-state index contributed by atoms with van der Waals surface area (Å²) in [6.07, 6.45) is 3.53. The van der Waals surface area contributed by atoms with Crippen molar-refractivity contribution in [3.8, 4) is 0 Å². The predicted octanol–water partition coefficient (Wildman–Crippen LogP) is 2.22. The Morgan fingerprint density at radius 3 is 2.45 bits per heavy atom. The molecule has 110 valence electrons. The van der Waals surface area contributed by atoms with Crippen molar-refractivity contribution in [2.24, 2.45) is 17.6 Å². The molecule has 20 heavy (non-hydrogen) atoms. The quantitative estimate of drug-likeness (QED) is 0.930. The maximum atomic E-state index is 12.7. The Kier molecular flexibility index (Phi) is 3.79. The number of hydrogen-bond donors (Lipinski definition) is 1. The van der Waals surface area contributed by atoms with Crippen LogP contribution in [-0.2, 0) is 16.6 Å². The fourth-order valence-corrected chi connectivity index (χ4v) is 5.50. The highest BCUT2D eigenvalue weighted by Gasteiger charge is 2.41. The summed E-state index contributed by atoms with van der Waals surface area (Å²) in [5, 5.41) is 0.269. The van der Waals surface area contributed by atoms with Crippen molar-refractivity contribution in [2.45, 2.75) is 30.7 Å². The molecular weight excluding hydrogens is 296 g/mol. The zero-order valence-corrected chi connectivity index (χ0v) is 12.8. The monoisotopic (exact) mass is 314 g/mol. The zero-order chi connectivity index (χ0) is 14.3. The molecule has 2 N–H and O–H groups in total. The SMILES string of the molecule is NCc1ccc(S(=O)(=O)N2CC3CCCC3C2)c(Cl)c1. The van der Waals surface area contributed by atoms with E-state index in [9.17, 15) is 8.42 Å². The van der Waals surface area contributed by atoms with Crippen LogP contribution in [0.3, 0.4) is 0 Å². The van der Waals surface area contributed by atoms with Crippen molar-refractivity contribution in [1.29, 1.82) is 0 Å². The molecule has 0 aromatic heterocycles. The van der Waals surface area contributed by atoms with Crippen molar-refractivity contribution in [2.75, 3.05) is 13.1 Å². The van der Waals surface area contributed by atoms with E-state index in [1.165, 1.54) is 6.42 Å². The van der Waals surface area contributed by atoms with Crippen LogP contribution in [0.1, 0.15) is 24.8 Å². The molecule has 2 fully saturated rings. The summed E-state index contributed by atoms with van der Waals surface area (Å²) in [6.45, 7) is 1.64. The highest BCUT2D eigenvalue weighted by atomic mass is 35.5. The molecule has 1 aliphatic carbocycles. The summed E-state index contributed by atoms with van der Waals surface area (Å²) < 4.78 is 27.0. The summed E-state index contributed by atoms with van der Waals surface area (Å²) >= 11 is 6.13. The second-order valence-electron chi connectivity index (χ2n) is 5.74. The minimum Gasteiger partial charge on any atom is -0.326 e. The van der Waals surface area contributed by atoms with Gasteiger partial charge in [-0.25, -0.2) is 8.42 Å². The lowest BCUT2D eigenvalue weighted by Crippen LogP contribution is -2.30. The van der Waals surface area contributed by atoms with Crippen LogP contribution in [0.2, 0.25) is 5.02 Å². The fraction of sp³-hybridized carbons (Fsp3) is 0.571. The van der Waals surface area contributed by atoms with Gasteiger partial charge in [-0.1, -0.05) is 24.1 Å². The van der Waals surface area contributed by atoms with E-state index in [1.807, 2.05) is 0 Å². The highest BCUT2D eigenvalue weighted by Crippen LogP contribution is 2.40. The standard InChI is InChI=1S/C14H19ClN2O2S/c15-13-6-10(7-16)4-5-14(13)20(18,19)17-8-11-2-1-3-12(11)9-17/h4-6,11-12H,1-3,7-9,16H2. The third-order valence-electron chi connectivity index (χ3n) is 4.54. The number of nitrogens with zero attached hydrogens (tertiary/aromatic N) is 1. The van der Waals surface area contributed by atoms with E-state index in [4.69, 9.17) is 17.3 Å². The molecule has 6 heteroatoms. The Bertz CT molecular complexity index is 606. The molecule has 0 bridgehead atoms. The van der Waals surface area contributed by atoms with Crippen LogP contribution in [-0.4, -0.2) is 25.8 Å². The summed E-state index contributed by atoms with van der Waals surface area (Å²) in [7, 11) is -3.48. The minimum absolute atomic E-state index is 0.205. The number of benzene rings is 1. The van der Waals surface area contributed by atoms with Gasteiger partial charge in [0, 0.05) is 19.6 Å². The lowest BCUT2D eigenvalue weighted by Gasteiger charge is -2.18. The Morgan fingerprint density at radius 2 is 1.90 bits per heavy atom. The van der Waals surface area contributed by atoms with Gasteiger partial charge in [0.25, 0.3) is 0 Å². The Hall–Kier alpha value is -0.620. The summed E-state index contributed by atoms with van der Waals surface area (Å²) in [6, 6.07) is 4.95. The van der Waals surface area contributed by atoms with E-state index in [1.54, 1.807) is 22.5 Å². The van der Waals surface area contributed by atoms with Crippen LogP contribution < -0.4 is 5.73 Å². The van der Waals surface area contributed by atoms with Crippen LogP contribution in [0.25, 0.3) is 0 Å². The lowest BCUT2D eigenvalue weighted by molar-refractivity contribution is 0.445. The first-order valence-electron chi connectivity index (χ1n) is 7.01. The molecule has 1 saturated heterocycles. The van der Waals surface area contributed by atoms with E-state index < -0.39 is 10.0 Å². The number of fused-ring (bicyclic) bond motifs is 1. The first-order valence-corrected chi connectivity index (χ1v) is 8.83. The van der Waals surface area contributed by atoms with Gasteiger partial charge in [0.2, 0.25) is 10.0 Å². The van der Waals surface area contributed by atoms with Gasteiger partial charge in [-0.3, -0.25) is 0 Å². The Morgan fingerprint density at radius 1 is 1.25 bits per heavy atom. The molecule has 0 spiro atoms. The minimum atomic E-state index is -3.48. The summed E-state index contributed by atoms with van der Waals surface area (Å²) in [4.78, 5) is 0.205. The third-order valence-corrected chi connectivity index (χ3v) is 6.86. The van der Waals surface area contributed by atoms with Gasteiger partial charge in [-0.15, -0.1) is 0 Å². The van der Waals surface area contributed by atoms with Gasteiger partial charge in [-0.05, 0) is 42.4 Å². The molecule has 2 atom stereocenters. The van der Waals surface area contributed by atoms with E-state index in [-0.39, 0.29) is 9.92 Å². The summed E-state index contributed by atoms with van der Waals surface area (Å²) in [5.74, 6) is 1.07. The topological polar surface area (TPSA) is 63.4 Å². The smallest absolute Gasteiger partial charge is 0.244 e. The molecule has 4 nitrogen and oxygen atoms in total. The van der Waals surface area contributed by atoms with Crippen molar-refractivity contribution in [3.05, 3.63) is 28.8 Å². The van der Waals surface area contributed by atoms with Gasteiger partial charge < -0.3 is 5.73 Å². The van der Waals surface area contributed by atoms with Crippen LogP contribution in [0.15, 0.2) is 23.1 Å². The fourth-order valence-electron chi connectivity index (χ4n) is 3.41. The van der Waals surface area contributed by atoms with Crippen molar-refractivity contribution >= 4 is 21.6 Å². The average molecular weight is 315 g/mol. The molecule has 2 aliphatic rings. The van der Waals surface area contributed by atoms with Crippen LogP contribution in [0, 0.1) is 11.8 Å². The largest absolute Gasteiger partial charge is 0.326 e. The van der Waals surface area contributed by atoms with Crippen LogP contribution in [0.5, 0.6) is 0 Å². The number of rotatable bonds is 3. The van der Waals surface area contributed by atoms with Crippen molar-refractivity contribution < 1.29 is 8.42 Å².